The van der Waals surface area contributed by atoms with Gasteiger partial charge in [-0.15, -0.1) is 0 Å². The standard InChI is InChI=1S/C15H21N3O2/c1-10(11-5-7-20-8-6-11)18-14-9-12(19-2)3-4-13(14)17-15(18)16/h3-4,9-11H,5-8H2,1-2H3,(H2,16,17). The van der Waals surface area contributed by atoms with Gasteiger partial charge in [0, 0.05) is 25.3 Å². The molecule has 5 heteroatoms. The lowest BCUT2D eigenvalue weighted by Crippen LogP contribution is -2.24. The van der Waals surface area contributed by atoms with E-state index >= 15 is 0 Å². The third kappa shape index (κ3) is 2.22. The number of hydrogen-bond donors (Lipinski definition) is 1. The molecule has 108 valence electrons. The second-order valence-corrected chi connectivity index (χ2v) is 5.39. The molecule has 1 unspecified atom stereocenters. The van der Waals surface area contributed by atoms with E-state index in [0.717, 1.165) is 42.8 Å². The van der Waals surface area contributed by atoms with E-state index in [-0.39, 0.29) is 0 Å². The Labute approximate surface area is 118 Å². The number of nitrogens with zero attached hydrogens (tertiary/aromatic N) is 2. The summed E-state index contributed by atoms with van der Waals surface area (Å²) in [7, 11) is 1.67. The van der Waals surface area contributed by atoms with Gasteiger partial charge in [0.25, 0.3) is 0 Å². The molecular formula is C15H21N3O2. The number of ether oxygens (including phenoxy) is 2. The Morgan fingerprint density at radius 3 is 2.85 bits per heavy atom. The molecule has 20 heavy (non-hydrogen) atoms. The maximum absolute atomic E-state index is 6.13. The van der Waals surface area contributed by atoms with Crippen molar-refractivity contribution in [3.05, 3.63) is 18.2 Å². The van der Waals surface area contributed by atoms with Crippen molar-refractivity contribution in [2.45, 2.75) is 25.8 Å². The smallest absolute Gasteiger partial charge is 0.201 e. The number of fused-ring (bicyclic) bond motifs is 1. The van der Waals surface area contributed by atoms with Crippen LogP contribution in [0.15, 0.2) is 18.2 Å². The first-order chi connectivity index (χ1) is 9.70. The summed E-state index contributed by atoms with van der Waals surface area (Å²) in [5.41, 5.74) is 8.09. The second-order valence-electron chi connectivity index (χ2n) is 5.39. The topological polar surface area (TPSA) is 62.3 Å². The molecule has 1 aromatic heterocycles. The van der Waals surface area contributed by atoms with Crippen molar-refractivity contribution in [3.63, 3.8) is 0 Å². The molecule has 0 amide bonds. The van der Waals surface area contributed by atoms with Crippen molar-refractivity contribution < 1.29 is 9.47 Å². The van der Waals surface area contributed by atoms with E-state index in [4.69, 9.17) is 15.2 Å². The van der Waals surface area contributed by atoms with Gasteiger partial charge in [-0.2, -0.15) is 0 Å². The van der Waals surface area contributed by atoms with Gasteiger partial charge in [-0.1, -0.05) is 0 Å². The molecule has 2 aromatic rings. The summed E-state index contributed by atoms with van der Waals surface area (Å²) in [4.78, 5) is 4.46. The van der Waals surface area contributed by atoms with Crippen LogP contribution in [0.25, 0.3) is 11.0 Å². The number of benzene rings is 1. The molecule has 0 saturated carbocycles. The van der Waals surface area contributed by atoms with Crippen molar-refractivity contribution in [3.8, 4) is 5.75 Å². The van der Waals surface area contributed by atoms with Crippen LogP contribution in [0.3, 0.4) is 0 Å². The first-order valence-corrected chi connectivity index (χ1v) is 7.10. The van der Waals surface area contributed by atoms with E-state index in [2.05, 4.69) is 16.5 Å². The molecule has 2 heterocycles. The zero-order valence-corrected chi connectivity index (χ0v) is 12.0. The van der Waals surface area contributed by atoms with E-state index in [1.807, 2.05) is 18.2 Å². The van der Waals surface area contributed by atoms with Gasteiger partial charge in [-0.05, 0) is 37.8 Å². The van der Waals surface area contributed by atoms with Gasteiger partial charge in [0.05, 0.1) is 18.1 Å². The van der Waals surface area contributed by atoms with Gasteiger partial charge in [-0.3, -0.25) is 0 Å². The van der Waals surface area contributed by atoms with Crippen LogP contribution in [-0.4, -0.2) is 29.9 Å². The van der Waals surface area contributed by atoms with Crippen LogP contribution >= 0.6 is 0 Å². The molecule has 1 saturated heterocycles. The number of methoxy groups -OCH3 is 1. The number of nitrogens with two attached hydrogens (primary N) is 1. The van der Waals surface area contributed by atoms with E-state index in [1.165, 1.54) is 0 Å². The van der Waals surface area contributed by atoms with E-state index in [0.29, 0.717) is 17.9 Å². The number of aromatic nitrogens is 2. The molecule has 1 aliphatic rings. The minimum absolute atomic E-state index is 0.316. The first-order valence-electron chi connectivity index (χ1n) is 7.10. The van der Waals surface area contributed by atoms with Crippen molar-refractivity contribution in [1.82, 2.24) is 9.55 Å². The molecule has 1 atom stereocenters. The first kappa shape index (κ1) is 13.2. The average molecular weight is 275 g/mol. The van der Waals surface area contributed by atoms with Gasteiger partial charge in [0.15, 0.2) is 0 Å². The van der Waals surface area contributed by atoms with Gasteiger partial charge in [0.2, 0.25) is 5.95 Å². The van der Waals surface area contributed by atoms with Crippen LogP contribution in [0.5, 0.6) is 5.75 Å². The van der Waals surface area contributed by atoms with Crippen molar-refractivity contribution >= 4 is 17.0 Å². The van der Waals surface area contributed by atoms with Gasteiger partial charge >= 0.3 is 0 Å². The van der Waals surface area contributed by atoms with Crippen LogP contribution in [0.4, 0.5) is 5.95 Å². The normalized spacial score (nSPS) is 18.3. The molecule has 5 nitrogen and oxygen atoms in total. The summed E-state index contributed by atoms with van der Waals surface area (Å²) in [6.45, 7) is 3.89. The summed E-state index contributed by atoms with van der Waals surface area (Å²) in [5.74, 6) is 1.99. The molecule has 0 aliphatic carbocycles. The highest BCUT2D eigenvalue weighted by Gasteiger charge is 2.24. The van der Waals surface area contributed by atoms with Gasteiger partial charge in [0.1, 0.15) is 5.75 Å². The summed E-state index contributed by atoms with van der Waals surface area (Å²) in [5, 5.41) is 0. The molecule has 1 fully saturated rings. The lowest BCUT2D eigenvalue weighted by molar-refractivity contribution is 0.0521. The van der Waals surface area contributed by atoms with Crippen LogP contribution < -0.4 is 10.5 Å². The highest BCUT2D eigenvalue weighted by molar-refractivity contribution is 5.80. The quantitative estimate of drug-likeness (QED) is 0.935. The van der Waals surface area contributed by atoms with E-state index < -0.39 is 0 Å². The fraction of sp³-hybridized carbons (Fsp3) is 0.533. The fourth-order valence-electron chi connectivity index (χ4n) is 3.06. The number of imidazole rings is 1. The molecule has 0 spiro atoms. The molecule has 3 rings (SSSR count). The third-order valence-electron chi connectivity index (χ3n) is 4.28. The molecule has 1 aliphatic heterocycles. The second kappa shape index (κ2) is 5.32. The highest BCUT2D eigenvalue weighted by Crippen LogP contribution is 2.33. The molecule has 2 N–H and O–H groups in total. The van der Waals surface area contributed by atoms with Crippen LogP contribution in [0.2, 0.25) is 0 Å². The number of rotatable bonds is 3. The van der Waals surface area contributed by atoms with Crippen molar-refractivity contribution in [1.29, 1.82) is 0 Å². The Kier molecular flexibility index (Phi) is 3.53. The zero-order chi connectivity index (χ0) is 14.1. The summed E-state index contributed by atoms with van der Waals surface area (Å²) < 4.78 is 12.9. The number of anilines is 1. The predicted octanol–water partition coefficient (Wildman–Crippen LogP) is 2.61. The molecule has 0 bridgehead atoms. The molecule has 1 aromatic carbocycles. The Morgan fingerprint density at radius 1 is 1.40 bits per heavy atom. The summed E-state index contributed by atoms with van der Waals surface area (Å²) in [6, 6.07) is 6.20. The van der Waals surface area contributed by atoms with Crippen LogP contribution in [-0.2, 0) is 4.74 Å². The van der Waals surface area contributed by atoms with Gasteiger partial charge in [-0.25, -0.2) is 4.98 Å². The summed E-state index contributed by atoms with van der Waals surface area (Å²) >= 11 is 0. The Bertz CT molecular complexity index is 602. The third-order valence-corrected chi connectivity index (χ3v) is 4.28. The SMILES string of the molecule is COc1ccc2nc(N)n(C(C)C3CCOCC3)c2c1. The molecular weight excluding hydrogens is 254 g/mol. The fourth-order valence-corrected chi connectivity index (χ4v) is 3.06. The number of nitrogen functional groups attached to an aromatic ring is 1. The maximum Gasteiger partial charge on any atom is 0.201 e. The van der Waals surface area contributed by atoms with Gasteiger partial charge < -0.3 is 19.8 Å². The average Bonchev–Trinajstić information content (AvgIpc) is 2.82. The minimum atomic E-state index is 0.316. The summed E-state index contributed by atoms with van der Waals surface area (Å²) in [6.07, 6.45) is 2.15. The Hall–Kier alpha value is -1.75. The zero-order valence-electron chi connectivity index (χ0n) is 12.0. The molecule has 0 radical (unpaired) electrons. The maximum atomic E-state index is 6.13. The predicted molar refractivity (Wildman–Crippen MR) is 79.0 cm³/mol. The minimum Gasteiger partial charge on any atom is -0.497 e. The lowest BCUT2D eigenvalue weighted by Gasteiger charge is -2.29. The number of hydrogen-bond acceptors (Lipinski definition) is 4. The highest BCUT2D eigenvalue weighted by atomic mass is 16.5. The van der Waals surface area contributed by atoms with E-state index in [1.54, 1.807) is 7.11 Å². The van der Waals surface area contributed by atoms with Crippen molar-refractivity contribution in [2.24, 2.45) is 5.92 Å². The monoisotopic (exact) mass is 275 g/mol. The lowest BCUT2D eigenvalue weighted by atomic mass is 9.92. The van der Waals surface area contributed by atoms with Crippen LogP contribution in [0.1, 0.15) is 25.8 Å². The van der Waals surface area contributed by atoms with Crippen LogP contribution in [0, 0.1) is 5.92 Å². The Balaban J connectivity index is 2.02. The van der Waals surface area contributed by atoms with E-state index in [9.17, 15) is 0 Å². The van der Waals surface area contributed by atoms with Crippen molar-refractivity contribution in [2.75, 3.05) is 26.1 Å². The Morgan fingerprint density at radius 2 is 2.15 bits per heavy atom. The largest absolute Gasteiger partial charge is 0.497 e.